The Balaban J connectivity index is 2.11. The van der Waals surface area contributed by atoms with Crippen LogP contribution in [0.25, 0.3) is 0 Å². The minimum Gasteiger partial charge on any atom is -0.454 e. The summed E-state index contributed by atoms with van der Waals surface area (Å²) in [5, 5.41) is 0. The molecule has 2 rings (SSSR count). The van der Waals surface area contributed by atoms with Crippen molar-refractivity contribution < 1.29 is 13.9 Å². The minimum atomic E-state index is -0.548. The molecule has 1 unspecified atom stereocenters. The zero-order valence-electron chi connectivity index (χ0n) is 10.5. The van der Waals surface area contributed by atoms with E-state index in [4.69, 9.17) is 10.5 Å². The average Bonchev–Trinajstić information content (AvgIpc) is 2.42. The number of esters is 1. The lowest BCUT2D eigenvalue weighted by Gasteiger charge is -2.13. The highest BCUT2D eigenvalue weighted by Crippen LogP contribution is 2.19. The first-order valence-electron chi connectivity index (χ1n) is 5.89. The number of carbonyl (C=O) groups is 1. The molecule has 0 spiro atoms. The SMILES string of the molecule is CC(OC(=O)c1ccc(F)c(N)c1)c1ccccc1. The first-order chi connectivity index (χ1) is 9.08. The Labute approximate surface area is 110 Å². The number of ether oxygens (including phenoxy) is 1. The fourth-order valence-corrected chi connectivity index (χ4v) is 1.69. The molecule has 0 saturated heterocycles. The standard InChI is InChI=1S/C15H14FNO2/c1-10(11-5-3-2-4-6-11)19-15(18)12-7-8-13(16)14(17)9-12/h2-10H,17H2,1H3. The molecule has 19 heavy (non-hydrogen) atoms. The van der Waals surface area contributed by atoms with E-state index >= 15 is 0 Å². The summed E-state index contributed by atoms with van der Waals surface area (Å²) in [5.41, 5.74) is 6.48. The predicted octanol–water partition coefficient (Wildman–Crippen LogP) is 3.33. The molecule has 0 heterocycles. The van der Waals surface area contributed by atoms with Gasteiger partial charge in [0.1, 0.15) is 11.9 Å². The van der Waals surface area contributed by atoms with Crippen LogP contribution in [-0.4, -0.2) is 5.97 Å². The van der Waals surface area contributed by atoms with Crippen molar-refractivity contribution in [1.82, 2.24) is 0 Å². The molecule has 0 aliphatic heterocycles. The van der Waals surface area contributed by atoms with E-state index in [0.29, 0.717) is 0 Å². The Morgan fingerprint density at radius 2 is 1.89 bits per heavy atom. The highest BCUT2D eigenvalue weighted by molar-refractivity contribution is 5.90. The maximum absolute atomic E-state index is 13.0. The van der Waals surface area contributed by atoms with Crippen molar-refractivity contribution in [2.75, 3.05) is 5.73 Å². The van der Waals surface area contributed by atoms with Gasteiger partial charge in [-0.1, -0.05) is 30.3 Å². The van der Waals surface area contributed by atoms with Crippen LogP contribution in [0.15, 0.2) is 48.5 Å². The third-order valence-electron chi connectivity index (χ3n) is 2.78. The summed E-state index contributed by atoms with van der Waals surface area (Å²) in [6, 6.07) is 13.2. The van der Waals surface area contributed by atoms with Gasteiger partial charge in [0.05, 0.1) is 11.3 Å². The van der Waals surface area contributed by atoms with E-state index < -0.39 is 11.8 Å². The van der Waals surface area contributed by atoms with Crippen LogP contribution in [0.1, 0.15) is 28.9 Å². The van der Waals surface area contributed by atoms with E-state index in [-0.39, 0.29) is 17.4 Å². The summed E-state index contributed by atoms with van der Waals surface area (Å²) >= 11 is 0. The molecule has 0 aliphatic rings. The zero-order valence-corrected chi connectivity index (χ0v) is 10.5. The molecular formula is C15H14FNO2. The second kappa shape index (κ2) is 5.52. The van der Waals surface area contributed by atoms with E-state index in [9.17, 15) is 9.18 Å². The number of hydrogen-bond donors (Lipinski definition) is 1. The van der Waals surface area contributed by atoms with E-state index in [1.54, 1.807) is 6.92 Å². The van der Waals surface area contributed by atoms with Gasteiger partial charge in [-0.3, -0.25) is 0 Å². The molecule has 4 heteroatoms. The molecule has 0 radical (unpaired) electrons. The van der Waals surface area contributed by atoms with Crippen molar-refractivity contribution in [3.63, 3.8) is 0 Å². The predicted molar refractivity (Wildman–Crippen MR) is 71.1 cm³/mol. The smallest absolute Gasteiger partial charge is 0.338 e. The highest BCUT2D eigenvalue weighted by Gasteiger charge is 2.14. The highest BCUT2D eigenvalue weighted by atomic mass is 19.1. The van der Waals surface area contributed by atoms with Gasteiger partial charge in [-0.2, -0.15) is 0 Å². The molecule has 0 fully saturated rings. The van der Waals surface area contributed by atoms with Gasteiger partial charge in [-0.25, -0.2) is 9.18 Å². The molecule has 0 saturated carbocycles. The molecular weight excluding hydrogens is 245 g/mol. The molecule has 0 amide bonds. The Morgan fingerprint density at radius 1 is 1.21 bits per heavy atom. The van der Waals surface area contributed by atoms with Crippen molar-refractivity contribution in [3.8, 4) is 0 Å². The number of carbonyl (C=O) groups excluding carboxylic acids is 1. The average molecular weight is 259 g/mol. The van der Waals surface area contributed by atoms with Crippen LogP contribution >= 0.6 is 0 Å². The van der Waals surface area contributed by atoms with Gasteiger partial charge in [0.15, 0.2) is 0 Å². The third kappa shape index (κ3) is 3.10. The Hall–Kier alpha value is -2.36. The van der Waals surface area contributed by atoms with Crippen molar-refractivity contribution >= 4 is 11.7 Å². The van der Waals surface area contributed by atoms with Crippen LogP contribution in [0, 0.1) is 5.82 Å². The number of nitrogen functional groups attached to an aromatic ring is 1. The van der Waals surface area contributed by atoms with Crippen LogP contribution in [-0.2, 0) is 4.74 Å². The zero-order chi connectivity index (χ0) is 13.8. The van der Waals surface area contributed by atoms with Crippen molar-refractivity contribution in [2.45, 2.75) is 13.0 Å². The summed E-state index contributed by atoms with van der Waals surface area (Å²) in [6.07, 6.45) is -0.375. The monoisotopic (exact) mass is 259 g/mol. The minimum absolute atomic E-state index is 0.0678. The Morgan fingerprint density at radius 3 is 2.53 bits per heavy atom. The molecule has 0 bridgehead atoms. The first-order valence-corrected chi connectivity index (χ1v) is 5.89. The summed E-state index contributed by atoms with van der Waals surface area (Å²) < 4.78 is 18.3. The molecule has 1 atom stereocenters. The molecule has 0 aliphatic carbocycles. The molecule has 2 aromatic rings. The van der Waals surface area contributed by atoms with E-state index in [1.807, 2.05) is 30.3 Å². The summed E-state index contributed by atoms with van der Waals surface area (Å²) in [7, 11) is 0. The Kier molecular flexibility index (Phi) is 3.80. The summed E-state index contributed by atoms with van der Waals surface area (Å²) in [5.74, 6) is -1.07. The second-order valence-electron chi connectivity index (χ2n) is 4.19. The molecule has 2 N–H and O–H groups in total. The van der Waals surface area contributed by atoms with Crippen LogP contribution < -0.4 is 5.73 Å². The number of nitrogens with two attached hydrogens (primary N) is 1. The quantitative estimate of drug-likeness (QED) is 0.679. The first kappa shape index (κ1) is 13.1. The van der Waals surface area contributed by atoms with Gasteiger partial charge in [-0.15, -0.1) is 0 Å². The van der Waals surface area contributed by atoms with Crippen LogP contribution in [0.5, 0.6) is 0 Å². The number of hydrogen-bond acceptors (Lipinski definition) is 3. The molecule has 0 aromatic heterocycles. The van der Waals surface area contributed by atoms with Crippen LogP contribution in [0.3, 0.4) is 0 Å². The van der Waals surface area contributed by atoms with Gasteiger partial charge < -0.3 is 10.5 Å². The molecule has 3 nitrogen and oxygen atoms in total. The van der Waals surface area contributed by atoms with E-state index in [2.05, 4.69) is 0 Å². The molecule has 98 valence electrons. The lowest BCUT2D eigenvalue weighted by molar-refractivity contribution is 0.0338. The van der Waals surface area contributed by atoms with Gasteiger partial charge in [0.2, 0.25) is 0 Å². The normalized spacial score (nSPS) is 11.9. The number of rotatable bonds is 3. The molecule has 2 aromatic carbocycles. The van der Waals surface area contributed by atoms with Crippen molar-refractivity contribution in [3.05, 3.63) is 65.5 Å². The summed E-state index contributed by atoms with van der Waals surface area (Å²) in [4.78, 5) is 11.9. The topological polar surface area (TPSA) is 52.3 Å². The third-order valence-corrected chi connectivity index (χ3v) is 2.78. The maximum Gasteiger partial charge on any atom is 0.338 e. The van der Waals surface area contributed by atoms with Gasteiger partial charge >= 0.3 is 5.97 Å². The van der Waals surface area contributed by atoms with Crippen molar-refractivity contribution in [2.24, 2.45) is 0 Å². The second-order valence-corrected chi connectivity index (χ2v) is 4.19. The Bertz CT molecular complexity index is 584. The number of benzene rings is 2. The van der Waals surface area contributed by atoms with Crippen LogP contribution in [0.4, 0.5) is 10.1 Å². The largest absolute Gasteiger partial charge is 0.454 e. The van der Waals surface area contributed by atoms with Gasteiger partial charge in [0, 0.05) is 0 Å². The van der Waals surface area contributed by atoms with E-state index in [1.165, 1.54) is 12.1 Å². The lowest BCUT2D eigenvalue weighted by Crippen LogP contribution is -2.10. The number of anilines is 1. The van der Waals surface area contributed by atoms with Gasteiger partial charge in [0.25, 0.3) is 0 Å². The summed E-state index contributed by atoms with van der Waals surface area (Å²) in [6.45, 7) is 1.78. The lowest BCUT2D eigenvalue weighted by atomic mass is 10.1. The fourth-order valence-electron chi connectivity index (χ4n) is 1.69. The number of halogens is 1. The van der Waals surface area contributed by atoms with E-state index in [0.717, 1.165) is 11.6 Å². The fraction of sp³-hybridized carbons (Fsp3) is 0.133. The van der Waals surface area contributed by atoms with Crippen molar-refractivity contribution in [1.29, 1.82) is 0 Å². The van der Waals surface area contributed by atoms with Crippen LogP contribution in [0.2, 0.25) is 0 Å². The maximum atomic E-state index is 13.0. The van der Waals surface area contributed by atoms with Gasteiger partial charge in [-0.05, 0) is 30.7 Å².